The minimum Gasteiger partial charge on any atom is -0.366 e. The van der Waals surface area contributed by atoms with Crippen molar-refractivity contribution in [2.45, 2.75) is 6.16 Å². The van der Waals surface area contributed by atoms with Gasteiger partial charge >= 0.3 is 0 Å². The molecule has 102 valence electrons. The Hall–Kier alpha value is -1.45. The molecule has 1 unspecified atom stereocenters. The van der Waals surface area contributed by atoms with Crippen molar-refractivity contribution in [1.29, 1.82) is 0 Å². The Kier molecular flexibility index (Phi) is 5.45. The first-order chi connectivity index (χ1) is 8.81. The molecule has 1 aromatic rings. The van der Waals surface area contributed by atoms with Crippen molar-refractivity contribution in [3.05, 3.63) is 40.3 Å². The molecule has 1 atom stereocenters. The minimum absolute atomic E-state index is 0.110. The Bertz CT molecular complexity index is 489. The van der Waals surface area contributed by atoms with E-state index in [2.05, 4.69) is 10.0 Å². The molecule has 0 aliphatic heterocycles. The average Bonchev–Trinajstić information content (AvgIpc) is 2.29. The quantitative estimate of drug-likeness (QED) is 0.286. The summed E-state index contributed by atoms with van der Waals surface area (Å²) in [4.78, 5) is 24.4. The number of carbonyl (C=O) groups excluding carboxylic acids is 1. The van der Waals surface area contributed by atoms with Crippen molar-refractivity contribution in [3.8, 4) is 0 Å². The SMILES string of the molecule is C[N+](C)(C)CC(=O)P(O)Cc1ccc(N=[N+]=[N-])cc1. The maximum atomic E-state index is 11.8. The van der Waals surface area contributed by atoms with Crippen molar-refractivity contribution < 1.29 is 14.2 Å². The summed E-state index contributed by atoms with van der Waals surface area (Å²) in [5.74, 6) is 0. The molecule has 7 heteroatoms. The molecule has 1 aromatic carbocycles. The molecular formula is C12H18N4O2P+. The predicted octanol–water partition coefficient (Wildman–Crippen LogP) is 2.75. The van der Waals surface area contributed by atoms with Gasteiger partial charge < -0.3 is 9.38 Å². The first kappa shape index (κ1) is 15.6. The van der Waals surface area contributed by atoms with Gasteiger partial charge in [0.25, 0.3) is 0 Å². The van der Waals surface area contributed by atoms with E-state index >= 15 is 0 Å². The summed E-state index contributed by atoms with van der Waals surface area (Å²) < 4.78 is 0.508. The van der Waals surface area contributed by atoms with Crippen molar-refractivity contribution in [2.24, 2.45) is 5.11 Å². The van der Waals surface area contributed by atoms with Crippen LogP contribution < -0.4 is 0 Å². The van der Waals surface area contributed by atoms with E-state index in [1.54, 1.807) is 24.3 Å². The molecule has 0 radical (unpaired) electrons. The second kappa shape index (κ2) is 6.64. The van der Waals surface area contributed by atoms with E-state index in [9.17, 15) is 9.69 Å². The Labute approximate surface area is 113 Å². The Morgan fingerprint density at radius 1 is 1.37 bits per heavy atom. The van der Waals surface area contributed by atoms with Gasteiger partial charge in [-0.05, 0) is 11.1 Å². The molecule has 19 heavy (non-hydrogen) atoms. The van der Waals surface area contributed by atoms with Gasteiger partial charge in [-0.15, -0.1) is 0 Å². The Morgan fingerprint density at radius 2 is 1.95 bits per heavy atom. The zero-order valence-electron chi connectivity index (χ0n) is 11.3. The summed E-state index contributed by atoms with van der Waals surface area (Å²) in [6.07, 6.45) is 0.338. The van der Waals surface area contributed by atoms with Gasteiger partial charge in [0.1, 0.15) is 14.7 Å². The fourth-order valence-electron chi connectivity index (χ4n) is 1.47. The van der Waals surface area contributed by atoms with E-state index in [4.69, 9.17) is 5.53 Å². The average molecular weight is 281 g/mol. The van der Waals surface area contributed by atoms with E-state index in [0.29, 0.717) is 22.9 Å². The number of likely N-dealkylation sites (N-methyl/N-ethyl adjacent to an activating group) is 1. The highest BCUT2D eigenvalue weighted by Crippen LogP contribution is 2.36. The normalized spacial score (nSPS) is 12.6. The molecule has 0 bridgehead atoms. The van der Waals surface area contributed by atoms with Crippen LogP contribution in [0.1, 0.15) is 5.56 Å². The van der Waals surface area contributed by atoms with Crippen LogP contribution in [-0.2, 0) is 11.0 Å². The van der Waals surface area contributed by atoms with Crippen LogP contribution in [0.4, 0.5) is 5.69 Å². The van der Waals surface area contributed by atoms with E-state index in [1.165, 1.54) is 0 Å². The van der Waals surface area contributed by atoms with E-state index in [1.807, 2.05) is 21.1 Å². The molecule has 0 spiro atoms. The van der Waals surface area contributed by atoms with Crippen LogP contribution in [0, 0.1) is 0 Å². The predicted molar refractivity (Wildman–Crippen MR) is 76.0 cm³/mol. The third kappa shape index (κ3) is 5.81. The van der Waals surface area contributed by atoms with Gasteiger partial charge in [0.05, 0.1) is 21.1 Å². The van der Waals surface area contributed by atoms with Crippen molar-refractivity contribution in [3.63, 3.8) is 0 Å². The van der Waals surface area contributed by atoms with Gasteiger partial charge in [-0.25, -0.2) is 0 Å². The van der Waals surface area contributed by atoms with Crippen molar-refractivity contribution in [2.75, 3.05) is 27.7 Å². The molecule has 0 fully saturated rings. The minimum atomic E-state index is -1.66. The third-order valence-electron chi connectivity index (χ3n) is 2.33. The lowest BCUT2D eigenvalue weighted by Crippen LogP contribution is -2.39. The standard InChI is InChI=1S/C12H18N4O2P/c1-16(2,3)8-12(17)19(18)9-10-4-6-11(7-5-10)14-15-13/h4-7,18H,8-9H2,1-3H3/q+1. The fraction of sp³-hybridized carbons (Fsp3) is 0.417. The van der Waals surface area contributed by atoms with Gasteiger partial charge in [0.15, 0.2) is 0 Å². The van der Waals surface area contributed by atoms with Crippen LogP contribution in [0.15, 0.2) is 29.4 Å². The Balaban J connectivity index is 2.63. The molecule has 0 saturated carbocycles. The fourth-order valence-corrected chi connectivity index (χ4v) is 2.79. The van der Waals surface area contributed by atoms with Gasteiger partial charge in [0, 0.05) is 16.8 Å². The molecular weight excluding hydrogens is 263 g/mol. The monoisotopic (exact) mass is 281 g/mol. The third-order valence-corrected chi connectivity index (χ3v) is 3.71. The summed E-state index contributed by atoms with van der Waals surface area (Å²) in [5.41, 5.74) is 9.56. The van der Waals surface area contributed by atoms with Crippen molar-refractivity contribution in [1.82, 2.24) is 0 Å². The van der Waals surface area contributed by atoms with Crippen molar-refractivity contribution >= 4 is 19.4 Å². The first-order valence-corrected chi connectivity index (χ1v) is 7.23. The number of carbonyl (C=O) groups is 1. The highest BCUT2D eigenvalue weighted by Gasteiger charge is 2.22. The summed E-state index contributed by atoms with van der Waals surface area (Å²) in [6.45, 7) is 0.318. The van der Waals surface area contributed by atoms with Crippen LogP contribution in [0.2, 0.25) is 0 Å². The topological polar surface area (TPSA) is 86.1 Å². The van der Waals surface area contributed by atoms with Crippen LogP contribution in [0.25, 0.3) is 10.4 Å². The summed E-state index contributed by atoms with van der Waals surface area (Å²) in [6, 6.07) is 6.86. The molecule has 0 aliphatic rings. The number of hydrogen-bond donors (Lipinski definition) is 1. The van der Waals surface area contributed by atoms with Crippen LogP contribution in [0.5, 0.6) is 0 Å². The van der Waals surface area contributed by atoms with Gasteiger partial charge in [0.2, 0.25) is 5.52 Å². The number of quaternary nitrogens is 1. The smallest absolute Gasteiger partial charge is 0.235 e. The summed E-state index contributed by atoms with van der Waals surface area (Å²) in [5, 5.41) is 3.46. The van der Waals surface area contributed by atoms with E-state index < -0.39 is 8.15 Å². The molecule has 1 rings (SSSR count). The summed E-state index contributed by atoms with van der Waals surface area (Å²) >= 11 is 0. The zero-order valence-corrected chi connectivity index (χ0v) is 12.2. The van der Waals surface area contributed by atoms with Gasteiger partial charge in [-0.2, -0.15) is 0 Å². The molecule has 0 aromatic heterocycles. The lowest BCUT2D eigenvalue weighted by molar-refractivity contribution is -0.861. The molecule has 0 saturated heterocycles. The zero-order chi connectivity index (χ0) is 14.5. The second-order valence-electron chi connectivity index (χ2n) is 5.26. The van der Waals surface area contributed by atoms with E-state index in [-0.39, 0.29) is 5.52 Å². The number of benzene rings is 1. The number of rotatable bonds is 6. The highest BCUT2D eigenvalue weighted by molar-refractivity contribution is 7.69. The van der Waals surface area contributed by atoms with Crippen LogP contribution in [-0.4, -0.2) is 42.6 Å². The molecule has 0 amide bonds. The largest absolute Gasteiger partial charge is 0.366 e. The Morgan fingerprint density at radius 3 is 2.42 bits per heavy atom. The van der Waals surface area contributed by atoms with Gasteiger partial charge in [-0.3, -0.25) is 4.79 Å². The molecule has 0 aliphatic carbocycles. The van der Waals surface area contributed by atoms with E-state index in [0.717, 1.165) is 5.56 Å². The van der Waals surface area contributed by atoms with Crippen LogP contribution in [0.3, 0.4) is 0 Å². The number of hydrogen-bond acceptors (Lipinski definition) is 3. The first-order valence-electron chi connectivity index (χ1n) is 5.75. The maximum absolute atomic E-state index is 11.8. The molecule has 1 N–H and O–H groups in total. The number of azide groups is 1. The molecule has 0 heterocycles. The van der Waals surface area contributed by atoms with Crippen LogP contribution >= 0.6 is 8.15 Å². The second-order valence-corrected chi connectivity index (χ2v) is 6.87. The summed E-state index contributed by atoms with van der Waals surface area (Å²) in [7, 11) is 4.08. The molecule has 6 nitrogen and oxygen atoms in total. The number of nitrogens with zero attached hydrogens (tertiary/aromatic N) is 4. The highest BCUT2D eigenvalue weighted by atomic mass is 31.1. The van der Waals surface area contributed by atoms with Gasteiger partial charge in [-0.1, -0.05) is 29.4 Å². The lowest BCUT2D eigenvalue weighted by Gasteiger charge is -2.23. The maximum Gasteiger partial charge on any atom is 0.235 e. The lowest BCUT2D eigenvalue weighted by atomic mass is 10.2.